The third-order valence-electron chi connectivity index (χ3n) is 3.57. The van der Waals surface area contributed by atoms with Crippen LogP contribution >= 0.6 is 0 Å². The predicted molar refractivity (Wildman–Crippen MR) is 93.4 cm³/mol. The number of H-pyrrole nitrogens is 1. The second-order valence-corrected chi connectivity index (χ2v) is 5.32. The van der Waals surface area contributed by atoms with Gasteiger partial charge in [-0.2, -0.15) is 0 Å². The minimum absolute atomic E-state index is 0.0627. The van der Waals surface area contributed by atoms with Gasteiger partial charge in [0.25, 0.3) is 11.2 Å². The number of nitrogens with one attached hydrogen (secondary N) is 2. The molecule has 0 atom stereocenters. The summed E-state index contributed by atoms with van der Waals surface area (Å²) in [4.78, 5) is 33.0. The number of benzene rings is 1. The number of nitro groups is 1. The summed E-state index contributed by atoms with van der Waals surface area (Å²) >= 11 is 0. The first-order chi connectivity index (χ1) is 12.1. The Hall–Kier alpha value is -3.55. The number of nitro benzene ring substituents is 1. The molecule has 3 rings (SSSR count). The van der Waals surface area contributed by atoms with Crippen LogP contribution in [0.2, 0.25) is 0 Å². The van der Waals surface area contributed by atoms with E-state index in [9.17, 15) is 14.9 Å². The van der Waals surface area contributed by atoms with Crippen LogP contribution in [0.5, 0.6) is 0 Å². The number of anilines is 1. The number of rotatable bonds is 6. The third kappa shape index (κ3) is 4.25. The van der Waals surface area contributed by atoms with Crippen molar-refractivity contribution in [1.82, 2.24) is 15.0 Å². The fourth-order valence-electron chi connectivity index (χ4n) is 2.32. The molecular weight excluding hydrogens is 322 g/mol. The van der Waals surface area contributed by atoms with E-state index in [4.69, 9.17) is 0 Å². The lowest BCUT2D eigenvalue weighted by atomic mass is 10.1. The largest absolute Gasteiger partial charge is 0.355 e. The van der Waals surface area contributed by atoms with E-state index in [1.54, 1.807) is 36.7 Å². The van der Waals surface area contributed by atoms with E-state index in [-0.39, 0.29) is 11.2 Å². The zero-order valence-corrected chi connectivity index (χ0v) is 13.2. The highest BCUT2D eigenvalue weighted by molar-refractivity contribution is 5.58. The van der Waals surface area contributed by atoms with E-state index in [1.165, 1.54) is 18.2 Å². The summed E-state index contributed by atoms with van der Waals surface area (Å²) in [7, 11) is 0. The van der Waals surface area contributed by atoms with Gasteiger partial charge in [0.15, 0.2) is 0 Å². The molecule has 0 unspecified atom stereocenters. The zero-order valence-electron chi connectivity index (χ0n) is 13.2. The normalized spacial score (nSPS) is 10.4. The number of aromatic amines is 1. The van der Waals surface area contributed by atoms with Crippen molar-refractivity contribution in [2.75, 3.05) is 11.9 Å². The molecule has 0 saturated heterocycles. The van der Waals surface area contributed by atoms with Crippen LogP contribution in [0.15, 0.2) is 59.7 Å². The molecule has 0 aliphatic rings. The summed E-state index contributed by atoms with van der Waals surface area (Å²) in [5.74, 6) is 0.376. The van der Waals surface area contributed by atoms with Gasteiger partial charge in [-0.05, 0) is 24.1 Å². The fraction of sp³-hybridized carbons (Fsp3) is 0.118. The van der Waals surface area contributed by atoms with Gasteiger partial charge >= 0.3 is 0 Å². The maximum absolute atomic E-state index is 11.8. The Balaban J connectivity index is 1.66. The molecule has 2 heterocycles. The van der Waals surface area contributed by atoms with Crippen molar-refractivity contribution in [1.29, 1.82) is 0 Å². The molecule has 0 aliphatic carbocycles. The Morgan fingerprint density at radius 1 is 1.12 bits per heavy atom. The van der Waals surface area contributed by atoms with Crippen LogP contribution in [0.25, 0.3) is 11.3 Å². The van der Waals surface area contributed by atoms with E-state index < -0.39 is 4.92 Å². The summed E-state index contributed by atoms with van der Waals surface area (Å²) < 4.78 is 0. The lowest BCUT2D eigenvalue weighted by molar-refractivity contribution is -0.384. The average Bonchev–Trinajstić information content (AvgIpc) is 2.62. The molecule has 0 amide bonds. The minimum Gasteiger partial charge on any atom is -0.355 e. The van der Waals surface area contributed by atoms with Crippen LogP contribution in [-0.2, 0) is 6.42 Å². The van der Waals surface area contributed by atoms with Gasteiger partial charge in [0.2, 0.25) is 5.95 Å². The molecule has 0 aliphatic heterocycles. The second-order valence-electron chi connectivity index (χ2n) is 5.32. The maximum Gasteiger partial charge on any atom is 0.269 e. The molecule has 25 heavy (non-hydrogen) atoms. The fourth-order valence-corrected chi connectivity index (χ4v) is 2.32. The van der Waals surface area contributed by atoms with Crippen LogP contribution in [0, 0.1) is 10.1 Å². The predicted octanol–water partition coefficient (Wildman–Crippen LogP) is 2.39. The number of hydrogen-bond donors (Lipinski definition) is 2. The summed E-state index contributed by atoms with van der Waals surface area (Å²) in [6.07, 6.45) is 3.92. The van der Waals surface area contributed by atoms with Crippen molar-refractivity contribution in [3.8, 4) is 11.3 Å². The molecule has 0 spiro atoms. The van der Waals surface area contributed by atoms with Gasteiger partial charge in [0, 0.05) is 42.7 Å². The number of hydrogen-bond acceptors (Lipinski definition) is 6. The molecule has 8 nitrogen and oxygen atoms in total. The molecule has 0 saturated carbocycles. The molecule has 8 heteroatoms. The van der Waals surface area contributed by atoms with E-state index in [0.29, 0.717) is 24.6 Å². The summed E-state index contributed by atoms with van der Waals surface area (Å²) in [6.45, 7) is 0.528. The SMILES string of the molecule is O=c1cc(-c2ccncc2)nc(NCCc2ccc([N+](=O)[O-])cc2)[nH]1. The summed E-state index contributed by atoms with van der Waals surface area (Å²) in [5.41, 5.74) is 2.13. The Kier molecular flexibility index (Phi) is 4.79. The van der Waals surface area contributed by atoms with Crippen molar-refractivity contribution in [2.24, 2.45) is 0 Å². The van der Waals surface area contributed by atoms with E-state index in [1.807, 2.05) is 0 Å². The number of aromatic nitrogens is 3. The summed E-state index contributed by atoms with van der Waals surface area (Å²) in [6, 6.07) is 11.4. The van der Waals surface area contributed by atoms with E-state index in [2.05, 4.69) is 20.3 Å². The van der Waals surface area contributed by atoms with Crippen LogP contribution in [0.3, 0.4) is 0 Å². The first-order valence-corrected chi connectivity index (χ1v) is 7.61. The standard InChI is InChI=1S/C17H15N5O3/c23-16-11-15(13-6-8-18-9-7-13)20-17(21-16)19-10-5-12-1-3-14(4-2-12)22(24)25/h1-4,6-9,11H,5,10H2,(H2,19,20,21,23). The Labute approximate surface area is 142 Å². The van der Waals surface area contributed by atoms with Gasteiger partial charge in [-0.3, -0.25) is 24.9 Å². The molecule has 0 bridgehead atoms. The maximum atomic E-state index is 11.8. The molecule has 3 aromatic rings. The molecule has 0 radical (unpaired) electrons. The van der Waals surface area contributed by atoms with Gasteiger partial charge in [0.1, 0.15) is 0 Å². The third-order valence-corrected chi connectivity index (χ3v) is 3.57. The average molecular weight is 337 g/mol. The van der Waals surface area contributed by atoms with Gasteiger partial charge in [-0.25, -0.2) is 4.98 Å². The molecule has 126 valence electrons. The lowest BCUT2D eigenvalue weighted by Crippen LogP contribution is -2.14. The number of non-ortho nitro benzene ring substituents is 1. The highest BCUT2D eigenvalue weighted by Crippen LogP contribution is 2.15. The lowest BCUT2D eigenvalue weighted by Gasteiger charge is -2.07. The monoisotopic (exact) mass is 337 g/mol. The van der Waals surface area contributed by atoms with Crippen LogP contribution in [-0.4, -0.2) is 26.4 Å². The van der Waals surface area contributed by atoms with Gasteiger partial charge in [-0.1, -0.05) is 12.1 Å². The molecular formula is C17H15N5O3. The highest BCUT2D eigenvalue weighted by atomic mass is 16.6. The molecule has 1 aromatic carbocycles. The smallest absolute Gasteiger partial charge is 0.269 e. The molecule has 0 fully saturated rings. The van der Waals surface area contributed by atoms with Crippen LogP contribution in [0.4, 0.5) is 11.6 Å². The van der Waals surface area contributed by atoms with Gasteiger partial charge in [0.05, 0.1) is 10.6 Å². The Morgan fingerprint density at radius 3 is 2.52 bits per heavy atom. The van der Waals surface area contributed by atoms with Crippen molar-refractivity contribution in [3.63, 3.8) is 0 Å². The molecule has 2 aromatic heterocycles. The van der Waals surface area contributed by atoms with Crippen LogP contribution in [0.1, 0.15) is 5.56 Å². The van der Waals surface area contributed by atoms with E-state index in [0.717, 1.165) is 11.1 Å². The Bertz CT molecular complexity index is 923. The minimum atomic E-state index is -0.429. The zero-order chi connectivity index (χ0) is 17.6. The number of pyridine rings is 1. The Morgan fingerprint density at radius 2 is 1.84 bits per heavy atom. The van der Waals surface area contributed by atoms with Crippen molar-refractivity contribution < 1.29 is 4.92 Å². The quantitative estimate of drug-likeness (QED) is 0.527. The second kappa shape index (κ2) is 7.35. The van der Waals surface area contributed by atoms with Gasteiger partial charge in [-0.15, -0.1) is 0 Å². The first kappa shape index (κ1) is 16.3. The topological polar surface area (TPSA) is 114 Å². The molecule has 2 N–H and O–H groups in total. The van der Waals surface area contributed by atoms with Crippen molar-refractivity contribution >= 4 is 11.6 Å². The summed E-state index contributed by atoms with van der Waals surface area (Å²) in [5, 5.41) is 13.7. The van der Waals surface area contributed by atoms with E-state index >= 15 is 0 Å². The first-order valence-electron chi connectivity index (χ1n) is 7.61. The highest BCUT2D eigenvalue weighted by Gasteiger charge is 2.05. The van der Waals surface area contributed by atoms with Crippen molar-refractivity contribution in [2.45, 2.75) is 6.42 Å². The van der Waals surface area contributed by atoms with Gasteiger partial charge < -0.3 is 5.32 Å². The number of nitrogens with zero attached hydrogens (tertiary/aromatic N) is 3. The van der Waals surface area contributed by atoms with Crippen LogP contribution < -0.4 is 10.9 Å². The van der Waals surface area contributed by atoms with Crippen molar-refractivity contribution in [3.05, 3.63) is 80.9 Å².